The van der Waals surface area contributed by atoms with Crippen LogP contribution in [0.2, 0.25) is 5.02 Å². The third kappa shape index (κ3) is 5.16. The number of hydrogen-bond acceptors (Lipinski definition) is 3. The summed E-state index contributed by atoms with van der Waals surface area (Å²) in [6, 6.07) is 6.90. The fourth-order valence-corrected chi connectivity index (χ4v) is 1.56. The molecule has 0 fully saturated rings. The first-order valence-electron chi connectivity index (χ1n) is 5.46. The minimum absolute atomic E-state index is 0.149. The molecule has 18 heavy (non-hydrogen) atoms. The smallest absolute Gasteiger partial charge is 0.321 e. The van der Waals surface area contributed by atoms with E-state index in [2.05, 4.69) is 10.6 Å². The first kappa shape index (κ1) is 14.5. The monoisotopic (exact) mass is 269 g/mol. The van der Waals surface area contributed by atoms with E-state index < -0.39 is 6.03 Å². The molecule has 6 heteroatoms. The highest BCUT2D eigenvalue weighted by Gasteiger charge is 2.09. The van der Waals surface area contributed by atoms with Crippen molar-refractivity contribution in [1.82, 2.24) is 15.5 Å². The zero-order valence-electron chi connectivity index (χ0n) is 10.4. The molecule has 0 aliphatic carbocycles. The van der Waals surface area contributed by atoms with Crippen LogP contribution in [-0.2, 0) is 11.3 Å². The van der Waals surface area contributed by atoms with Crippen LogP contribution in [-0.4, -0.2) is 37.5 Å². The van der Waals surface area contributed by atoms with Crippen molar-refractivity contribution in [3.63, 3.8) is 0 Å². The molecule has 1 aromatic carbocycles. The maximum absolute atomic E-state index is 11.4. The molecule has 0 saturated heterocycles. The maximum atomic E-state index is 11.4. The van der Waals surface area contributed by atoms with E-state index in [1.165, 1.54) is 7.05 Å². The normalized spacial score (nSPS) is 10.2. The molecule has 0 spiro atoms. The van der Waals surface area contributed by atoms with Crippen molar-refractivity contribution in [1.29, 1.82) is 0 Å². The molecule has 0 atom stereocenters. The number of likely N-dealkylation sites (N-methyl/N-ethyl adjacent to an activating group) is 1. The summed E-state index contributed by atoms with van der Waals surface area (Å²) in [5.41, 5.74) is 1.05. The average molecular weight is 270 g/mol. The van der Waals surface area contributed by atoms with E-state index in [9.17, 15) is 9.59 Å². The Labute approximate surface area is 111 Å². The second-order valence-electron chi connectivity index (χ2n) is 3.93. The van der Waals surface area contributed by atoms with E-state index in [1.807, 2.05) is 17.0 Å². The minimum atomic E-state index is -0.500. The summed E-state index contributed by atoms with van der Waals surface area (Å²) in [7, 11) is 3.26. The van der Waals surface area contributed by atoms with Crippen LogP contribution in [0.5, 0.6) is 0 Å². The Hall–Kier alpha value is -1.59. The van der Waals surface area contributed by atoms with Gasteiger partial charge in [0.2, 0.25) is 5.91 Å². The third-order valence-corrected chi connectivity index (χ3v) is 2.51. The number of nitrogens with one attached hydrogen (secondary N) is 2. The predicted octanol–water partition coefficient (Wildman–Crippen LogP) is 1.23. The van der Waals surface area contributed by atoms with Crippen LogP contribution in [0, 0.1) is 0 Å². The Balaban J connectivity index is 2.41. The van der Waals surface area contributed by atoms with Gasteiger partial charge >= 0.3 is 6.03 Å². The Morgan fingerprint density at radius 3 is 2.44 bits per heavy atom. The van der Waals surface area contributed by atoms with Crippen LogP contribution < -0.4 is 10.6 Å². The highest BCUT2D eigenvalue weighted by molar-refractivity contribution is 6.30. The Morgan fingerprint density at radius 1 is 1.28 bits per heavy atom. The second-order valence-corrected chi connectivity index (χ2v) is 4.36. The number of amides is 3. The molecular weight excluding hydrogens is 254 g/mol. The van der Waals surface area contributed by atoms with E-state index in [1.54, 1.807) is 19.2 Å². The lowest BCUT2D eigenvalue weighted by Crippen LogP contribution is -2.42. The molecule has 0 heterocycles. The Bertz CT molecular complexity index is 420. The number of urea groups is 1. The molecule has 0 aromatic heterocycles. The molecule has 0 radical (unpaired) electrons. The van der Waals surface area contributed by atoms with Crippen molar-refractivity contribution in [2.75, 3.05) is 20.6 Å². The van der Waals surface area contributed by atoms with Gasteiger partial charge < -0.3 is 5.32 Å². The van der Waals surface area contributed by atoms with Crippen LogP contribution in [0.15, 0.2) is 24.3 Å². The highest BCUT2D eigenvalue weighted by atomic mass is 35.5. The summed E-state index contributed by atoms with van der Waals surface area (Å²) in [6.45, 7) is 0.758. The van der Waals surface area contributed by atoms with Gasteiger partial charge in [0, 0.05) is 18.6 Å². The number of halogens is 1. The fraction of sp³-hybridized carbons (Fsp3) is 0.333. The molecule has 1 aromatic rings. The van der Waals surface area contributed by atoms with E-state index in [-0.39, 0.29) is 12.5 Å². The largest absolute Gasteiger partial charge is 0.341 e. The molecule has 98 valence electrons. The predicted molar refractivity (Wildman–Crippen MR) is 70.4 cm³/mol. The number of carbonyl (C=O) groups is 2. The molecular formula is C12H16ClN3O2. The van der Waals surface area contributed by atoms with Gasteiger partial charge in [0.1, 0.15) is 0 Å². The van der Waals surface area contributed by atoms with Crippen LogP contribution in [0.25, 0.3) is 0 Å². The van der Waals surface area contributed by atoms with Crippen LogP contribution in [0.4, 0.5) is 4.79 Å². The van der Waals surface area contributed by atoms with Crippen molar-refractivity contribution in [3.8, 4) is 0 Å². The van der Waals surface area contributed by atoms with Crippen molar-refractivity contribution in [3.05, 3.63) is 34.9 Å². The molecule has 2 N–H and O–H groups in total. The van der Waals surface area contributed by atoms with E-state index in [0.29, 0.717) is 11.6 Å². The number of nitrogens with zero attached hydrogens (tertiary/aromatic N) is 1. The van der Waals surface area contributed by atoms with Gasteiger partial charge in [0.05, 0.1) is 6.54 Å². The van der Waals surface area contributed by atoms with Gasteiger partial charge in [0.25, 0.3) is 0 Å². The number of benzene rings is 1. The summed E-state index contributed by atoms with van der Waals surface area (Å²) in [5, 5.41) is 5.20. The number of hydrogen-bond donors (Lipinski definition) is 2. The standard InChI is InChI=1S/C12H16ClN3O2/c1-14-12(18)15-11(17)8-16(2)7-9-3-5-10(13)6-4-9/h3-6H,7-8H2,1-2H3,(H2,14,15,17,18). The molecule has 3 amide bonds. The van der Waals surface area contributed by atoms with Gasteiger partial charge in [-0.2, -0.15) is 0 Å². The number of rotatable bonds is 4. The van der Waals surface area contributed by atoms with Crippen molar-refractivity contribution in [2.24, 2.45) is 0 Å². The first-order chi connectivity index (χ1) is 8.51. The van der Waals surface area contributed by atoms with Gasteiger partial charge in [-0.05, 0) is 24.7 Å². The summed E-state index contributed by atoms with van der Waals surface area (Å²) in [4.78, 5) is 24.2. The first-order valence-corrected chi connectivity index (χ1v) is 5.83. The fourth-order valence-electron chi connectivity index (χ4n) is 1.43. The molecule has 1 rings (SSSR count). The van der Waals surface area contributed by atoms with Gasteiger partial charge in [0.15, 0.2) is 0 Å². The van der Waals surface area contributed by atoms with E-state index >= 15 is 0 Å². The second kappa shape index (κ2) is 6.98. The van der Waals surface area contributed by atoms with Crippen LogP contribution in [0.1, 0.15) is 5.56 Å². The lowest BCUT2D eigenvalue weighted by molar-refractivity contribution is -0.120. The lowest BCUT2D eigenvalue weighted by atomic mass is 10.2. The Morgan fingerprint density at radius 2 is 1.89 bits per heavy atom. The van der Waals surface area contributed by atoms with Crippen LogP contribution >= 0.6 is 11.6 Å². The van der Waals surface area contributed by atoms with E-state index in [0.717, 1.165) is 5.56 Å². The van der Waals surface area contributed by atoms with Gasteiger partial charge in [-0.25, -0.2) is 4.79 Å². The summed E-state index contributed by atoms with van der Waals surface area (Å²) in [6.07, 6.45) is 0. The van der Waals surface area contributed by atoms with Crippen molar-refractivity contribution < 1.29 is 9.59 Å². The van der Waals surface area contributed by atoms with Crippen LogP contribution in [0.3, 0.4) is 0 Å². The molecule has 0 aliphatic heterocycles. The topological polar surface area (TPSA) is 61.4 Å². The minimum Gasteiger partial charge on any atom is -0.341 e. The Kier molecular flexibility index (Phi) is 5.61. The summed E-state index contributed by atoms with van der Waals surface area (Å²) in [5.74, 6) is -0.342. The maximum Gasteiger partial charge on any atom is 0.321 e. The van der Waals surface area contributed by atoms with Gasteiger partial charge in [-0.3, -0.25) is 15.0 Å². The van der Waals surface area contributed by atoms with Crippen molar-refractivity contribution >= 4 is 23.5 Å². The quantitative estimate of drug-likeness (QED) is 0.864. The summed E-state index contributed by atoms with van der Waals surface area (Å²) < 4.78 is 0. The van der Waals surface area contributed by atoms with E-state index in [4.69, 9.17) is 11.6 Å². The molecule has 0 bridgehead atoms. The van der Waals surface area contributed by atoms with Crippen molar-refractivity contribution in [2.45, 2.75) is 6.54 Å². The number of carbonyl (C=O) groups excluding carboxylic acids is 2. The molecule has 5 nitrogen and oxygen atoms in total. The zero-order valence-corrected chi connectivity index (χ0v) is 11.1. The lowest BCUT2D eigenvalue weighted by Gasteiger charge is -2.15. The molecule has 0 aliphatic rings. The van der Waals surface area contributed by atoms with Gasteiger partial charge in [-0.1, -0.05) is 23.7 Å². The molecule has 0 unspecified atom stereocenters. The third-order valence-electron chi connectivity index (χ3n) is 2.26. The zero-order chi connectivity index (χ0) is 13.5. The molecule has 0 saturated carbocycles. The highest BCUT2D eigenvalue weighted by Crippen LogP contribution is 2.10. The SMILES string of the molecule is CNC(=O)NC(=O)CN(C)Cc1ccc(Cl)cc1. The number of imide groups is 1. The average Bonchev–Trinajstić information content (AvgIpc) is 2.31. The summed E-state index contributed by atoms with van der Waals surface area (Å²) >= 11 is 5.78. The van der Waals surface area contributed by atoms with Gasteiger partial charge in [-0.15, -0.1) is 0 Å².